The van der Waals surface area contributed by atoms with Gasteiger partial charge < -0.3 is 19.7 Å². The lowest BCUT2D eigenvalue weighted by Crippen LogP contribution is -2.59. The van der Waals surface area contributed by atoms with Crippen LogP contribution in [0.1, 0.15) is 40.5 Å². The number of alkyl carbamates (subject to hydrolysis) is 1. The summed E-state index contributed by atoms with van der Waals surface area (Å²) in [7, 11) is 0. The Morgan fingerprint density at radius 3 is 2.74 bits per heavy atom. The van der Waals surface area contributed by atoms with Gasteiger partial charge in [0.05, 0.1) is 6.61 Å². The number of hydrogen-bond donors (Lipinski definition) is 1. The SMILES string of the molecule is C[C@H]1CC[C@H]2OC[C@@H](NC(=O)OC(C)(C)C)C(=O)N12. The van der Waals surface area contributed by atoms with Gasteiger partial charge in [-0.25, -0.2) is 4.79 Å². The first kappa shape index (κ1) is 14.1. The molecule has 2 rings (SSSR count). The Bertz CT molecular complexity index is 377. The highest BCUT2D eigenvalue weighted by molar-refractivity contribution is 5.87. The predicted octanol–water partition coefficient (Wildman–Crippen LogP) is 1.25. The molecular formula is C13H22N2O4. The highest BCUT2D eigenvalue weighted by Gasteiger charge is 2.43. The molecule has 3 atom stereocenters. The van der Waals surface area contributed by atoms with Crippen molar-refractivity contribution in [2.75, 3.05) is 6.61 Å². The Labute approximate surface area is 113 Å². The molecular weight excluding hydrogens is 248 g/mol. The second-order valence-corrected chi connectivity index (χ2v) is 6.16. The first-order valence-electron chi connectivity index (χ1n) is 6.71. The third kappa shape index (κ3) is 3.18. The maximum atomic E-state index is 12.3. The Balaban J connectivity index is 1.95. The summed E-state index contributed by atoms with van der Waals surface area (Å²) in [5.74, 6) is -0.0768. The lowest BCUT2D eigenvalue weighted by atomic mass is 10.2. The van der Waals surface area contributed by atoms with E-state index in [1.165, 1.54) is 0 Å². The van der Waals surface area contributed by atoms with Crippen LogP contribution in [0.15, 0.2) is 0 Å². The fourth-order valence-electron chi connectivity index (χ4n) is 2.48. The number of rotatable bonds is 1. The van der Waals surface area contributed by atoms with Crippen LogP contribution in [-0.4, -0.2) is 47.4 Å². The summed E-state index contributed by atoms with van der Waals surface area (Å²) in [4.78, 5) is 25.7. The lowest BCUT2D eigenvalue weighted by Gasteiger charge is -2.37. The molecule has 0 spiro atoms. The van der Waals surface area contributed by atoms with E-state index in [9.17, 15) is 9.59 Å². The Morgan fingerprint density at radius 1 is 1.42 bits per heavy atom. The smallest absolute Gasteiger partial charge is 0.408 e. The van der Waals surface area contributed by atoms with Crippen LogP contribution in [0.25, 0.3) is 0 Å². The number of amides is 2. The Morgan fingerprint density at radius 2 is 2.11 bits per heavy atom. The first-order valence-corrected chi connectivity index (χ1v) is 6.71. The zero-order valence-corrected chi connectivity index (χ0v) is 11.9. The van der Waals surface area contributed by atoms with E-state index in [1.54, 1.807) is 25.7 Å². The van der Waals surface area contributed by atoms with E-state index in [-0.39, 0.29) is 24.8 Å². The third-order valence-electron chi connectivity index (χ3n) is 3.32. The molecule has 2 heterocycles. The van der Waals surface area contributed by atoms with Crippen molar-refractivity contribution < 1.29 is 19.1 Å². The van der Waals surface area contributed by atoms with Crippen LogP contribution in [0.4, 0.5) is 4.79 Å². The number of carbonyl (C=O) groups is 2. The second-order valence-electron chi connectivity index (χ2n) is 6.16. The quantitative estimate of drug-likeness (QED) is 0.778. The number of nitrogens with zero attached hydrogens (tertiary/aromatic N) is 1. The van der Waals surface area contributed by atoms with Crippen LogP contribution in [0.2, 0.25) is 0 Å². The molecule has 2 fully saturated rings. The van der Waals surface area contributed by atoms with Gasteiger partial charge in [-0.2, -0.15) is 0 Å². The van der Waals surface area contributed by atoms with Gasteiger partial charge in [-0.05, 0) is 40.5 Å². The lowest BCUT2D eigenvalue weighted by molar-refractivity contribution is -0.162. The summed E-state index contributed by atoms with van der Waals surface area (Å²) in [5.41, 5.74) is -0.577. The molecule has 0 radical (unpaired) electrons. The number of hydrogen-bond acceptors (Lipinski definition) is 4. The van der Waals surface area contributed by atoms with E-state index in [0.29, 0.717) is 0 Å². The molecule has 6 heteroatoms. The number of fused-ring (bicyclic) bond motifs is 1. The molecule has 0 bridgehead atoms. The van der Waals surface area contributed by atoms with Gasteiger partial charge in [0.1, 0.15) is 17.9 Å². The first-order chi connectivity index (χ1) is 8.78. The van der Waals surface area contributed by atoms with Crippen LogP contribution in [-0.2, 0) is 14.3 Å². The zero-order valence-electron chi connectivity index (χ0n) is 11.9. The van der Waals surface area contributed by atoms with E-state index in [4.69, 9.17) is 9.47 Å². The van der Waals surface area contributed by atoms with Gasteiger partial charge in [-0.1, -0.05) is 0 Å². The van der Waals surface area contributed by atoms with Crippen LogP contribution in [0.3, 0.4) is 0 Å². The molecule has 0 aliphatic carbocycles. The molecule has 1 N–H and O–H groups in total. The van der Waals surface area contributed by atoms with Gasteiger partial charge in [-0.15, -0.1) is 0 Å². The van der Waals surface area contributed by atoms with Crippen molar-refractivity contribution in [1.29, 1.82) is 0 Å². The molecule has 2 aliphatic heterocycles. The Hall–Kier alpha value is -1.30. The molecule has 2 aliphatic rings. The minimum Gasteiger partial charge on any atom is -0.444 e. The predicted molar refractivity (Wildman–Crippen MR) is 68.4 cm³/mol. The van der Waals surface area contributed by atoms with Crippen molar-refractivity contribution in [2.45, 2.75) is 64.4 Å². The summed E-state index contributed by atoms with van der Waals surface area (Å²) < 4.78 is 10.8. The van der Waals surface area contributed by atoms with E-state index in [2.05, 4.69) is 5.32 Å². The second kappa shape index (κ2) is 5.00. The van der Waals surface area contributed by atoms with Gasteiger partial charge in [0.25, 0.3) is 0 Å². The van der Waals surface area contributed by atoms with Crippen molar-refractivity contribution in [2.24, 2.45) is 0 Å². The molecule has 0 saturated carbocycles. The molecule has 108 valence electrons. The third-order valence-corrected chi connectivity index (χ3v) is 3.32. The van der Waals surface area contributed by atoms with Crippen molar-refractivity contribution in [3.05, 3.63) is 0 Å². The summed E-state index contributed by atoms with van der Waals surface area (Å²) in [5, 5.41) is 2.58. The minimum absolute atomic E-state index is 0.0768. The van der Waals surface area contributed by atoms with Gasteiger partial charge in [-0.3, -0.25) is 4.79 Å². The molecule has 0 aromatic rings. The molecule has 0 aromatic heterocycles. The summed E-state index contributed by atoms with van der Waals surface area (Å²) >= 11 is 0. The maximum absolute atomic E-state index is 12.3. The highest BCUT2D eigenvalue weighted by atomic mass is 16.6. The largest absolute Gasteiger partial charge is 0.444 e. The Kier molecular flexibility index (Phi) is 3.71. The molecule has 2 amide bonds. The van der Waals surface area contributed by atoms with E-state index in [1.807, 2.05) is 6.92 Å². The van der Waals surface area contributed by atoms with Crippen LogP contribution in [0.5, 0.6) is 0 Å². The van der Waals surface area contributed by atoms with E-state index < -0.39 is 17.7 Å². The number of carbonyl (C=O) groups excluding carboxylic acids is 2. The highest BCUT2D eigenvalue weighted by Crippen LogP contribution is 2.28. The normalized spacial score (nSPS) is 31.1. The molecule has 0 aromatic carbocycles. The van der Waals surface area contributed by atoms with Crippen molar-refractivity contribution >= 4 is 12.0 Å². The molecule has 2 saturated heterocycles. The standard InChI is InChI=1S/C13H22N2O4/c1-8-5-6-10-15(8)11(16)9(7-18-10)14-12(17)19-13(2,3)4/h8-10H,5-7H2,1-4H3,(H,14,17)/t8-,9+,10+/m0/s1. The molecule has 19 heavy (non-hydrogen) atoms. The van der Waals surface area contributed by atoms with Crippen molar-refractivity contribution in [3.63, 3.8) is 0 Å². The average molecular weight is 270 g/mol. The van der Waals surface area contributed by atoms with Crippen LogP contribution >= 0.6 is 0 Å². The van der Waals surface area contributed by atoms with E-state index >= 15 is 0 Å². The summed E-state index contributed by atoms with van der Waals surface area (Å²) in [6, 6.07) is -0.479. The zero-order chi connectivity index (χ0) is 14.2. The van der Waals surface area contributed by atoms with Crippen molar-refractivity contribution in [3.8, 4) is 0 Å². The monoisotopic (exact) mass is 270 g/mol. The van der Waals surface area contributed by atoms with Gasteiger partial charge >= 0.3 is 6.09 Å². The van der Waals surface area contributed by atoms with Gasteiger partial charge in [0.2, 0.25) is 5.91 Å². The molecule has 6 nitrogen and oxygen atoms in total. The fraction of sp³-hybridized carbons (Fsp3) is 0.846. The number of ether oxygens (including phenoxy) is 2. The summed E-state index contributed by atoms with van der Waals surface area (Å²) in [6.45, 7) is 7.56. The molecule has 0 unspecified atom stereocenters. The number of nitrogens with one attached hydrogen (secondary N) is 1. The average Bonchev–Trinajstić information content (AvgIpc) is 2.62. The van der Waals surface area contributed by atoms with E-state index in [0.717, 1.165) is 12.8 Å². The van der Waals surface area contributed by atoms with Crippen molar-refractivity contribution in [1.82, 2.24) is 10.2 Å². The summed E-state index contributed by atoms with van der Waals surface area (Å²) in [6.07, 6.45) is 1.10. The van der Waals surface area contributed by atoms with Crippen LogP contribution < -0.4 is 5.32 Å². The van der Waals surface area contributed by atoms with Gasteiger partial charge in [0, 0.05) is 6.04 Å². The topological polar surface area (TPSA) is 67.9 Å². The van der Waals surface area contributed by atoms with Crippen LogP contribution in [0, 0.1) is 0 Å². The maximum Gasteiger partial charge on any atom is 0.408 e. The minimum atomic E-state index is -0.647. The van der Waals surface area contributed by atoms with Gasteiger partial charge in [0.15, 0.2) is 0 Å². The fourth-order valence-corrected chi connectivity index (χ4v) is 2.48.